The van der Waals surface area contributed by atoms with Gasteiger partial charge in [0.05, 0.1) is 5.52 Å². The first-order valence-corrected chi connectivity index (χ1v) is 12.0. The van der Waals surface area contributed by atoms with Gasteiger partial charge in [-0.2, -0.15) is 5.10 Å². The Labute approximate surface area is 204 Å². The molecule has 1 aliphatic rings. The average molecular weight is 469 g/mol. The molecule has 0 atom stereocenters. The van der Waals surface area contributed by atoms with Gasteiger partial charge in [-0.1, -0.05) is 30.3 Å². The zero-order valence-corrected chi connectivity index (χ0v) is 19.5. The number of carbonyl (C=O) groups excluding carboxylic acids is 2. The first-order chi connectivity index (χ1) is 17.2. The highest BCUT2D eigenvalue weighted by molar-refractivity contribution is 6.00. The smallest absolute Gasteiger partial charge is 0.225 e. The molecule has 5 rings (SSSR count). The van der Waals surface area contributed by atoms with Gasteiger partial charge in [-0.15, -0.1) is 0 Å². The Morgan fingerprint density at radius 3 is 2.51 bits per heavy atom. The molecule has 7 nitrogen and oxygen atoms in total. The number of hydrogen-bond donors (Lipinski definition) is 2. The number of benzene rings is 3. The van der Waals surface area contributed by atoms with Crippen molar-refractivity contribution in [1.82, 2.24) is 10.2 Å². The molecule has 0 unspecified atom stereocenters. The lowest BCUT2D eigenvalue weighted by atomic mass is 10.1. The maximum atomic E-state index is 12.6. The number of fused-ring (bicyclic) bond motifs is 1. The summed E-state index contributed by atoms with van der Waals surface area (Å²) in [5, 5.41) is 10.8. The molecule has 0 radical (unpaired) electrons. The van der Waals surface area contributed by atoms with Gasteiger partial charge in [0.25, 0.3) is 0 Å². The molecular weight excluding hydrogens is 440 g/mol. The van der Waals surface area contributed by atoms with Gasteiger partial charge >= 0.3 is 0 Å². The van der Waals surface area contributed by atoms with Crippen LogP contribution >= 0.6 is 0 Å². The fourth-order valence-corrected chi connectivity index (χ4v) is 4.35. The molecule has 1 amide bonds. The Hall–Kier alpha value is -4.13. The minimum Gasteiger partial charge on any atom is -0.485 e. The van der Waals surface area contributed by atoms with E-state index in [1.807, 2.05) is 60.7 Å². The van der Waals surface area contributed by atoms with Crippen LogP contribution in [0.2, 0.25) is 0 Å². The van der Waals surface area contributed by atoms with Gasteiger partial charge in [-0.25, -0.2) is 0 Å². The van der Waals surface area contributed by atoms with Crippen LogP contribution in [0.5, 0.6) is 5.75 Å². The van der Waals surface area contributed by atoms with Crippen LogP contribution in [0.3, 0.4) is 0 Å². The number of rotatable bonds is 9. The fraction of sp³-hybridized carbons (Fsp3) is 0.250. The molecule has 4 aromatic rings. The van der Waals surface area contributed by atoms with Gasteiger partial charge in [0.2, 0.25) is 5.91 Å². The standard InChI is InChI=1S/C28H28N4O3/c33-26(21-9-11-22(12-10-21)32-16-4-5-17-32)19-35-23-13-14-24-25(18-23)30-31-28(24)29-27(34)15-8-20-6-2-1-3-7-20/h1-3,6-7,9-14,18H,4-5,8,15-17,19H2,(H2,29,30,31,34). The van der Waals surface area contributed by atoms with Gasteiger partial charge in [-0.3, -0.25) is 14.7 Å². The number of Topliss-reactive ketones (excluding diaryl/α,β-unsaturated/α-hetero) is 1. The summed E-state index contributed by atoms with van der Waals surface area (Å²) < 4.78 is 5.74. The molecule has 1 aromatic heterocycles. The number of hydrogen-bond acceptors (Lipinski definition) is 5. The second-order valence-electron chi connectivity index (χ2n) is 8.77. The van der Waals surface area contributed by atoms with Crippen LogP contribution < -0.4 is 15.0 Å². The topological polar surface area (TPSA) is 87.3 Å². The highest BCUT2D eigenvalue weighted by Gasteiger charge is 2.14. The van der Waals surface area contributed by atoms with Crippen molar-refractivity contribution in [2.45, 2.75) is 25.7 Å². The van der Waals surface area contributed by atoms with E-state index in [1.54, 1.807) is 12.1 Å². The second kappa shape index (κ2) is 10.4. The Morgan fingerprint density at radius 1 is 0.971 bits per heavy atom. The molecule has 1 fully saturated rings. The number of aromatic nitrogens is 2. The van der Waals surface area contributed by atoms with E-state index in [-0.39, 0.29) is 18.3 Å². The number of aryl methyl sites for hydroxylation is 1. The summed E-state index contributed by atoms with van der Waals surface area (Å²) in [6.45, 7) is 2.10. The number of nitrogens with zero attached hydrogens (tertiary/aromatic N) is 2. The minimum atomic E-state index is -0.0936. The Bertz CT molecular complexity index is 1310. The summed E-state index contributed by atoms with van der Waals surface area (Å²) in [4.78, 5) is 27.3. The van der Waals surface area contributed by atoms with Crippen LogP contribution in [-0.4, -0.2) is 41.6 Å². The Morgan fingerprint density at radius 2 is 1.74 bits per heavy atom. The highest BCUT2D eigenvalue weighted by Crippen LogP contribution is 2.25. The van der Waals surface area contributed by atoms with Crippen LogP contribution in [0.1, 0.15) is 35.2 Å². The van der Waals surface area contributed by atoms with Crippen LogP contribution in [-0.2, 0) is 11.2 Å². The van der Waals surface area contributed by atoms with Gasteiger partial charge in [0.1, 0.15) is 5.75 Å². The lowest BCUT2D eigenvalue weighted by Gasteiger charge is -2.17. The molecule has 0 spiro atoms. The van der Waals surface area contributed by atoms with Gasteiger partial charge in [0, 0.05) is 42.2 Å². The SMILES string of the molecule is O=C(CCc1ccccc1)Nc1n[nH]c2cc(OCC(=O)c3ccc(N4CCCC4)cc3)ccc12. The van der Waals surface area contributed by atoms with Crippen molar-refractivity contribution in [3.8, 4) is 5.75 Å². The van der Waals surface area contributed by atoms with E-state index in [4.69, 9.17) is 4.74 Å². The van der Waals surface area contributed by atoms with E-state index < -0.39 is 0 Å². The minimum absolute atomic E-state index is 0.0498. The van der Waals surface area contributed by atoms with E-state index >= 15 is 0 Å². The van der Waals surface area contributed by atoms with Crippen LogP contribution in [0.15, 0.2) is 72.8 Å². The Kier molecular flexibility index (Phi) is 6.75. The zero-order chi connectivity index (χ0) is 24.0. The highest BCUT2D eigenvalue weighted by atomic mass is 16.5. The third-order valence-corrected chi connectivity index (χ3v) is 6.31. The summed E-state index contributed by atoms with van der Waals surface area (Å²) >= 11 is 0. The number of H-pyrrole nitrogens is 1. The predicted molar refractivity (Wildman–Crippen MR) is 137 cm³/mol. The summed E-state index contributed by atoms with van der Waals surface area (Å²) in [5.41, 5.74) is 3.64. The lowest BCUT2D eigenvalue weighted by Crippen LogP contribution is -2.17. The van der Waals surface area contributed by atoms with Crippen molar-refractivity contribution in [3.63, 3.8) is 0 Å². The predicted octanol–water partition coefficient (Wildman–Crippen LogP) is 5.00. The molecule has 2 heterocycles. The number of ketones is 1. The van der Waals surface area contributed by atoms with E-state index in [0.29, 0.717) is 30.0 Å². The third kappa shape index (κ3) is 5.51. The summed E-state index contributed by atoms with van der Waals surface area (Å²) in [6, 6.07) is 23.0. The zero-order valence-electron chi connectivity index (χ0n) is 19.5. The van der Waals surface area contributed by atoms with E-state index in [2.05, 4.69) is 20.4 Å². The number of carbonyl (C=O) groups is 2. The molecule has 2 N–H and O–H groups in total. The summed E-state index contributed by atoms with van der Waals surface area (Å²) in [7, 11) is 0. The van der Waals surface area contributed by atoms with E-state index in [9.17, 15) is 9.59 Å². The maximum Gasteiger partial charge on any atom is 0.225 e. The number of anilines is 2. The second-order valence-corrected chi connectivity index (χ2v) is 8.77. The van der Waals surface area contributed by atoms with Gasteiger partial charge < -0.3 is 15.0 Å². The van der Waals surface area contributed by atoms with Crippen molar-refractivity contribution >= 4 is 34.1 Å². The van der Waals surface area contributed by atoms with E-state index in [1.165, 1.54) is 12.8 Å². The number of amides is 1. The first-order valence-electron chi connectivity index (χ1n) is 12.0. The average Bonchev–Trinajstić information content (AvgIpc) is 3.57. The molecule has 1 saturated heterocycles. The fourth-order valence-electron chi connectivity index (χ4n) is 4.35. The van der Waals surface area contributed by atoms with Crippen molar-refractivity contribution in [1.29, 1.82) is 0 Å². The molecule has 7 heteroatoms. The summed E-state index contributed by atoms with van der Waals surface area (Å²) in [6.07, 6.45) is 3.48. The van der Waals surface area contributed by atoms with Crippen LogP contribution in [0.25, 0.3) is 10.9 Å². The van der Waals surface area contributed by atoms with Crippen molar-refractivity contribution in [3.05, 3.63) is 83.9 Å². The maximum absolute atomic E-state index is 12.6. The third-order valence-electron chi connectivity index (χ3n) is 6.31. The molecular formula is C28H28N4O3. The molecule has 0 bridgehead atoms. The molecule has 3 aromatic carbocycles. The number of ether oxygens (including phenoxy) is 1. The lowest BCUT2D eigenvalue weighted by molar-refractivity contribution is -0.116. The van der Waals surface area contributed by atoms with Crippen LogP contribution in [0.4, 0.5) is 11.5 Å². The molecule has 35 heavy (non-hydrogen) atoms. The number of aromatic amines is 1. The largest absolute Gasteiger partial charge is 0.485 e. The monoisotopic (exact) mass is 468 g/mol. The first kappa shape index (κ1) is 22.7. The Balaban J connectivity index is 1.16. The molecule has 1 aliphatic heterocycles. The normalized spacial score (nSPS) is 13.2. The molecule has 0 saturated carbocycles. The quantitative estimate of drug-likeness (QED) is 0.338. The number of nitrogens with one attached hydrogen (secondary N) is 2. The van der Waals surface area contributed by atoms with Gasteiger partial charge in [0.15, 0.2) is 18.2 Å². The van der Waals surface area contributed by atoms with Crippen molar-refractivity contribution in [2.75, 3.05) is 29.9 Å². The molecule has 178 valence electrons. The van der Waals surface area contributed by atoms with E-state index in [0.717, 1.165) is 35.2 Å². The van der Waals surface area contributed by atoms with Crippen molar-refractivity contribution in [2.24, 2.45) is 0 Å². The van der Waals surface area contributed by atoms with Crippen LogP contribution in [0, 0.1) is 0 Å². The molecule has 0 aliphatic carbocycles. The van der Waals surface area contributed by atoms with Crippen molar-refractivity contribution < 1.29 is 14.3 Å². The van der Waals surface area contributed by atoms with Gasteiger partial charge in [-0.05, 0) is 61.2 Å². The summed E-state index contributed by atoms with van der Waals surface area (Å²) in [5.74, 6) is 0.877.